The molecular weight excluding hydrogens is 242 g/mol. The Hall–Kier alpha value is -2.10. The average Bonchev–Trinajstić information content (AvgIpc) is 2.42. The summed E-state index contributed by atoms with van der Waals surface area (Å²) in [5.74, 6) is -0.633. The van der Waals surface area contributed by atoms with Gasteiger partial charge in [0.2, 0.25) is 0 Å². The van der Waals surface area contributed by atoms with Crippen molar-refractivity contribution in [3.8, 4) is 5.75 Å². The molecule has 0 unspecified atom stereocenters. The lowest BCUT2D eigenvalue weighted by Gasteiger charge is -2.10. The highest BCUT2D eigenvalue weighted by Gasteiger charge is 2.16. The van der Waals surface area contributed by atoms with E-state index < -0.39 is 5.97 Å². The van der Waals surface area contributed by atoms with E-state index in [4.69, 9.17) is 4.74 Å². The highest BCUT2D eigenvalue weighted by atomic mass is 16.5. The third kappa shape index (κ3) is 3.02. The smallest absolute Gasteiger partial charge is 0.340 e. The van der Waals surface area contributed by atoms with Crippen molar-refractivity contribution in [3.63, 3.8) is 0 Å². The molecule has 0 amide bonds. The van der Waals surface area contributed by atoms with Crippen LogP contribution in [-0.2, 0) is 0 Å². The molecule has 0 atom stereocenters. The van der Waals surface area contributed by atoms with Crippen LogP contribution >= 0.6 is 0 Å². The minimum absolute atomic E-state index is 0.196. The number of carbonyl (C=O) groups is 1. The summed E-state index contributed by atoms with van der Waals surface area (Å²) in [5.41, 5.74) is 0.864. The molecule has 0 aliphatic rings. The molecule has 1 aromatic heterocycles. The quantitative estimate of drug-likeness (QED) is 0.806. The number of fused-ring (bicyclic) bond motifs is 1. The van der Waals surface area contributed by atoms with E-state index in [0.717, 1.165) is 19.3 Å². The van der Waals surface area contributed by atoms with E-state index >= 15 is 0 Å². The second-order valence-corrected chi connectivity index (χ2v) is 4.38. The van der Waals surface area contributed by atoms with Crippen LogP contribution in [0.1, 0.15) is 36.5 Å². The Morgan fingerprint density at radius 3 is 2.84 bits per heavy atom. The number of aromatic carboxylic acids is 1. The Labute approximate surface area is 112 Å². The van der Waals surface area contributed by atoms with Gasteiger partial charge in [-0.05, 0) is 12.5 Å². The van der Waals surface area contributed by atoms with Crippen molar-refractivity contribution < 1.29 is 14.6 Å². The highest BCUT2D eigenvalue weighted by molar-refractivity contribution is 6.04. The maximum absolute atomic E-state index is 11.4. The molecule has 0 bridgehead atoms. The SMILES string of the molecule is CCCCCOc1cnc2ccccc2c1C(=O)O. The summed E-state index contributed by atoms with van der Waals surface area (Å²) in [6, 6.07) is 7.19. The van der Waals surface area contributed by atoms with Crippen molar-refractivity contribution in [2.75, 3.05) is 6.61 Å². The number of para-hydroxylation sites is 1. The number of carboxylic acid groups (broad SMARTS) is 1. The number of unbranched alkanes of at least 4 members (excludes halogenated alkanes) is 2. The van der Waals surface area contributed by atoms with Gasteiger partial charge in [-0.1, -0.05) is 38.0 Å². The molecule has 0 fully saturated rings. The van der Waals surface area contributed by atoms with Crippen LogP contribution < -0.4 is 4.74 Å². The number of aromatic nitrogens is 1. The van der Waals surface area contributed by atoms with Crippen LogP contribution in [0.25, 0.3) is 10.9 Å². The van der Waals surface area contributed by atoms with Gasteiger partial charge in [-0.3, -0.25) is 4.98 Å². The van der Waals surface area contributed by atoms with Crippen molar-refractivity contribution in [3.05, 3.63) is 36.0 Å². The second kappa shape index (κ2) is 6.18. The van der Waals surface area contributed by atoms with Crippen LogP contribution in [0, 0.1) is 0 Å². The minimum Gasteiger partial charge on any atom is -0.491 e. The predicted octanol–water partition coefficient (Wildman–Crippen LogP) is 3.50. The molecule has 1 heterocycles. The van der Waals surface area contributed by atoms with Crippen LogP contribution in [-0.4, -0.2) is 22.7 Å². The van der Waals surface area contributed by atoms with Crippen molar-refractivity contribution in [1.29, 1.82) is 0 Å². The molecule has 0 saturated carbocycles. The summed E-state index contributed by atoms with van der Waals surface area (Å²) in [5, 5.41) is 9.97. The van der Waals surface area contributed by atoms with E-state index in [-0.39, 0.29) is 5.56 Å². The van der Waals surface area contributed by atoms with Gasteiger partial charge in [0.1, 0.15) is 5.56 Å². The van der Waals surface area contributed by atoms with E-state index in [9.17, 15) is 9.90 Å². The number of hydrogen-bond acceptors (Lipinski definition) is 3. The fourth-order valence-electron chi connectivity index (χ4n) is 1.99. The van der Waals surface area contributed by atoms with E-state index in [2.05, 4.69) is 11.9 Å². The summed E-state index contributed by atoms with van der Waals surface area (Å²) >= 11 is 0. The van der Waals surface area contributed by atoms with Gasteiger partial charge < -0.3 is 9.84 Å². The van der Waals surface area contributed by atoms with Crippen molar-refractivity contribution in [2.45, 2.75) is 26.2 Å². The van der Waals surface area contributed by atoms with Gasteiger partial charge in [0.25, 0.3) is 0 Å². The van der Waals surface area contributed by atoms with E-state index in [1.54, 1.807) is 18.2 Å². The lowest BCUT2D eigenvalue weighted by molar-refractivity contribution is 0.0694. The zero-order valence-corrected chi connectivity index (χ0v) is 10.9. The van der Waals surface area contributed by atoms with Crippen molar-refractivity contribution in [1.82, 2.24) is 4.98 Å². The Bertz CT molecular complexity index is 581. The highest BCUT2D eigenvalue weighted by Crippen LogP contribution is 2.26. The predicted molar refractivity (Wildman–Crippen MR) is 73.7 cm³/mol. The van der Waals surface area contributed by atoms with Crippen LogP contribution in [0.15, 0.2) is 30.5 Å². The van der Waals surface area contributed by atoms with Gasteiger partial charge in [-0.2, -0.15) is 0 Å². The molecule has 0 aliphatic heterocycles. The summed E-state index contributed by atoms with van der Waals surface area (Å²) < 4.78 is 5.57. The average molecular weight is 259 g/mol. The van der Waals surface area contributed by atoms with Crippen molar-refractivity contribution in [2.24, 2.45) is 0 Å². The molecule has 2 aromatic rings. The lowest BCUT2D eigenvalue weighted by Crippen LogP contribution is -2.06. The van der Waals surface area contributed by atoms with E-state index in [1.807, 2.05) is 6.07 Å². The van der Waals surface area contributed by atoms with Crippen LogP contribution in [0.3, 0.4) is 0 Å². The summed E-state index contributed by atoms with van der Waals surface area (Å²) in [6.45, 7) is 2.63. The first-order chi connectivity index (χ1) is 9.24. The number of carboxylic acids is 1. The number of pyridine rings is 1. The number of ether oxygens (including phenoxy) is 1. The van der Waals surface area contributed by atoms with Gasteiger partial charge >= 0.3 is 5.97 Å². The number of benzene rings is 1. The fourth-order valence-corrected chi connectivity index (χ4v) is 1.99. The van der Waals surface area contributed by atoms with E-state index in [0.29, 0.717) is 23.3 Å². The molecule has 4 heteroatoms. The maximum Gasteiger partial charge on any atom is 0.340 e. The maximum atomic E-state index is 11.4. The minimum atomic E-state index is -0.982. The normalized spacial score (nSPS) is 10.6. The van der Waals surface area contributed by atoms with Crippen LogP contribution in [0.4, 0.5) is 0 Å². The van der Waals surface area contributed by atoms with Gasteiger partial charge in [0.05, 0.1) is 18.3 Å². The molecule has 4 nitrogen and oxygen atoms in total. The Balaban J connectivity index is 2.32. The second-order valence-electron chi connectivity index (χ2n) is 4.38. The zero-order valence-electron chi connectivity index (χ0n) is 10.9. The van der Waals surface area contributed by atoms with Crippen molar-refractivity contribution >= 4 is 16.9 Å². The van der Waals surface area contributed by atoms with Crippen LogP contribution in [0.2, 0.25) is 0 Å². The molecule has 100 valence electrons. The van der Waals surface area contributed by atoms with Gasteiger partial charge in [0.15, 0.2) is 5.75 Å². The molecular formula is C15H17NO3. The molecule has 2 rings (SSSR count). The molecule has 1 aromatic carbocycles. The molecule has 0 aliphatic carbocycles. The molecule has 19 heavy (non-hydrogen) atoms. The topological polar surface area (TPSA) is 59.4 Å². The first kappa shape index (κ1) is 13.3. The first-order valence-corrected chi connectivity index (χ1v) is 6.48. The number of nitrogens with zero attached hydrogens (tertiary/aromatic N) is 1. The third-order valence-electron chi connectivity index (χ3n) is 2.96. The first-order valence-electron chi connectivity index (χ1n) is 6.48. The number of hydrogen-bond donors (Lipinski definition) is 1. The molecule has 0 radical (unpaired) electrons. The largest absolute Gasteiger partial charge is 0.491 e. The molecule has 0 spiro atoms. The summed E-state index contributed by atoms with van der Waals surface area (Å²) in [4.78, 5) is 15.7. The summed E-state index contributed by atoms with van der Waals surface area (Å²) in [6.07, 6.45) is 4.59. The van der Waals surface area contributed by atoms with Gasteiger partial charge in [-0.25, -0.2) is 4.79 Å². The Kier molecular flexibility index (Phi) is 4.34. The number of rotatable bonds is 6. The zero-order chi connectivity index (χ0) is 13.7. The van der Waals surface area contributed by atoms with Crippen LogP contribution in [0.5, 0.6) is 5.75 Å². The van der Waals surface area contributed by atoms with Gasteiger partial charge in [-0.15, -0.1) is 0 Å². The lowest BCUT2D eigenvalue weighted by atomic mass is 10.1. The Morgan fingerprint density at radius 1 is 1.32 bits per heavy atom. The molecule has 0 saturated heterocycles. The third-order valence-corrected chi connectivity index (χ3v) is 2.96. The fraction of sp³-hybridized carbons (Fsp3) is 0.333. The standard InChI is InChI=1S/C15H17NO3/c1-2-3-6-9-19-13-10-16-12-8-5-4-7-11(12)14(13)15(17)18/h4-5,7-8,10H,2-3,6,9H2,1H3,(H,17,18). The Morgan fingerprint density at radius 2 is 2.11 bits per heavy atom. The summed E-state index contributed by atoms with van der Waals surface area (Å²) in [7, 11) is 0. The van der Waals surface area contributed by atoms with E-state index in [1.165, 1.54) is 6.20 Å². The van der Waals surface area contributed by atoms with Gasteiger partial charge in [0, 0.05) is 5.39 Å². The monoisotopic (exact) mass is 259 g/mol. The molecule has 1 N–H and O–H groups in total.